The zero-order valence-electron chi connectivity index (χ0n) is 25.5. The number of nitrogens with zero attached hydrogens (tertiary/aromatic N) is 3. The topological polar surface area (TPSA) is 123 Å². The molecule has 0 radical (unpaired) electrons. The summed E-state index contributed by atoms with van der Waals surface area (Å²) in [6.07, 6.45) is 4.51. The Morgan fingerprint density at radius 3 is 2.30 bits per heavy atom. The summed E-state index contributed by atoms with van der Waals surface area (Å²) in [7, 11) is 0. The summed E-state index contributed by atoms with van der Waals surface area (Å²) >= 11 is 0. The number of nitrogens with two attached hydrogens (primary N) is 1. The third-order valence-electron chi connectivity index (χ3n) is 7.80. The molecule has 1 atom stereocenters. The zero-order chi connectivity index (χ0) is 31.3. The van der Waals surface area contributed by atoms with Crippen LogP contribution in [0.2, 0.25) is 0 Å². The number of aromatic nitrogens is 3. The SMILES string of the molecule is CC(C)(C)c1ccc(-n2nc(-c3cc4ccccc4cn3)cc2CCCCC(=O)N[C@H](Cc2ccc(O)cc2)C(N)=O)cc1. The Bertz CT molecular complexity index is 1750. The molecule has 0 aliphatic heterocycles. The van der Waals surface area contributed by atoms with Crippen LogP contribution in [-0.2, 0) is 27.8 Å². The summed E-state index contributed by atoms with van der Waals surface area (Å²) in [5, 5.41) is 19.4. The summed E-state index contributed by atoms with van der Waals surface area (Å²) in [5.41, 5.74) is 11.2. The number of amides is 2. The quantitative estimate of drug-likeness (QED) is 0.163. The number of pyridine rings is 1. The van der Waals surface area contributed by atoms with Gasteiger partial charge >= 0.3 is 0 Å². The van der Waals surface area contributed by atoms with E-state index in [-0.39, 0.29) is 29.9 Å². The number of fused-ring (bicyclic) bond motifs is 1. The lowest BCUT2D eigenvalue weighted by Gasteiger charge is -2.19. The molecule has 2 aromatic heterocycles. The van der Waals surface area contributed by atoms with Gasteiger partial charge in [-0.1, -0.05) is 69.3 Å². The molecule has 0 saturated carbocycles. The molecule has 2 amide bonds. The zero-order valence-corrected chi connectivity index (χ0v) is 25.5. The minimum Gasteiger partial charge on any atom is -0.508 e. The first kappa shape index (κ1) is 30.5. The van der Waals surface area contributed by atoms with Crippen molar-refractivity contribution in [1.82, 2.24) is 20.1 Å². The van der Waals surface area contributed by atoms with Gasteiger partial charge in [0, 0.05) is 30.1 Å². The van der Waals surface area contributed by atoms with Gasteiger partial charge in [0.1, 0.15) is 17.5 Å². The molecule has 0 bridgehead atoms. The van der Waals surface area contributed by atoms with E-state index in [9.17, 15) is 14.7 Å². The summed E-state index contributed by atoms with van der Waals surface area (Å²) < 4.78 is 1.97. The first-order chi connectivity index (χ1) is 21.1. The largest absolute Gasteiger partial charge is 0.508 e. The van der Waals surface area contributed by atoms with Crippen LogP contribution in [0.15, 0.2) is 91.1 Å². The number of aromatic hydroxyl groups is 1. The number of nitrogens with one attached hydrogen (secondary N) is 1. The molecule has 0 saturated heterocycles. The number of hydrogen-bond donors (Lipinski definition) is 3. The van der Waals surface area contributed by atoms with Crippen molar-refractivity contribution in [3.63, 3.8) is 0 Å². The minimum absolute atomic E-state index is 0.0454. The number of carbonyl (C=O) groups excluding carboxylic acids is 2. The van der Waals surface area contributed by atoms with Crippen molar-refractivity contribution in [2.45, 2.75) is 64.3 Å². The Balaban J connectivity index is 1.28. The monoisotopic (exact) mass is 589 g/mol. The van der Waals surface area contributed by atoms with Gasteiger partial charge in [0.2, 0.25) is 11.8 Å². The molecule has 8 nitrogen and oxygen atoms in total. The molecule has 4 N–H and O–H groups in total. The molecule has 0 spiro atoms. The lowest BCUT2D eigenvalue weighted by atomic mass is 9.87. The molecular formula is C36H39N5O3. The number of benzene rings is 3. The van der Waals surface area contributed by atoms with E-state index in [1.165, 1.54) is 5.56 Å². The van der Waals surface area contributed by atoms with E-state index in [0.717, 1.165) is 45.5 Å². The second-order valence-corrected chi connectivity index (χ2v) is 12.2. The summed E-state index contributed by atoms with van der Waals surface area (Å²) in [5.74, 6) is -0.681. The minimum atomic E-state index is -0.818. The van der Waals surface area contributed by atoms with Crippen LogP contribution >= 0.6 is 0 Å². The highest BCUT2D eigenvalue weighted by atomic mass is 16.3. The standard InChI is InChI=1S/C36H39N5O3/c1-36(2,3)27-14-16-28(17-15-27)41-29(22-32(40-41)31-21-25-8-4-5-9-26(25)23-38-31)10-6-7-11-34(43)39-33(35(37)44)20-24-12-18-30(42)19-13-24/h4-5,8-9,12-19,21-23,33,42H,6-7,10-11,20H2,1-3H3,(H2,37,44)(H,39,43)/t33-/m1/s1. The van der Waals surface area contributed by atoms with E-state index in [1.54, 1.807) is 24.3 Å². The number of aryl methyl sites for hydroxylation is 1. The maximum Gasteiger partial charge on any atom is 0.240 e. The average molecular weight is 590 g/mol. The highest BCUT2D eigenvalue weighted by Crippen LogP contribution is 2.27. The van der Waals surface area contributed by atoms with Crippen molar-refractivity contribution in [3.05, 3.63) is 108 Å². The normalized spacial score (nSPS) is 12.2. The first-order valence-electron chi connectivity index (χ1n) is 15.0. The first-order valence-corrected chi connectivity index (χ1v) is 15.0. The van der Waals surface area contributed by atoms with Gasteiger partial charge in [-0.15, -0.1) is 0 Å². The Hall–Kier alpha value is -4.98. The van der Waals surface area contributed by atoms with Crippen LogP contribution in [0.3, 0.4) is 0 Å². The van der Waals surface area contributed by atoms with Crippen LogP contribution in [0.5, 0.6) is 5.75 Å². The predicted molar refractivity (Wildman–Crippen MR) is 173 cm³/mol. The fourth-order valence-corrected chi connectivity index (χ4v) is 5.22. The predicted octanol–water partition coefficient (Wildman–Crippen LogP) is 6.02. The molecule has 0 aliphatic rings. The highest BCUT2D eigenvalue weighted by Gasteiger charge is 2.19. The smallest absolute Gasteiger partial charge is 0.240 e. The Labute approximate surface area is 257 Å². The average Bonchev–Trinajstić information content (AvgIpc) is 3.43. The van der Waals surface area contributed by atoms with Crippen LogP contribution in [0.1, 0.15) is 56.9 Å². The van der Waals surface area contributed by atoms with Crippen molar-refractivity contribution in [3.8, 4) is 22.8 Å². The second kappa shape index (κ2) is 13.1. The van der Waals surface area contributed by atoms with Crippen LogP contribution < -0.4 is 11.1 Å². The van der Waals surface area contributed by atoms with E-state index in [4.69, 9.17) is 10.8 Å². The fourth-order valence-electron chi connectivity index (χ4n) is 5.22. The second-order valence-electron chi connectivity index (χ2n) is 12.2. The number of unbranched alkanes of at least 4 members (excludes halogenated alkanes) is 1. The molecule has 226 valence electrons. The van der Waals surface area contributed by atoms with Crippen molar-refractivity contribution in [1.29, 1.82) is 0 Å². The van der Waals surface area contributed by atoms with Gasteiger partial charge in [-0.2, -0.15) is 5.10 Å². The lowest BCUT2D eigenvalue weighted by Crippen LogP contribution is -2.45. The molecule has 5 aromatic rings. The molecule has 2 heterocycles. The number of phenols is 1. The van der Waals surface area contributed by atoms with Gasteiger partial charge in [0.15, 0.2) is 0 Å². The number of carbonyl (C=O) groups is 2. The van der Waals surface area contributed by atoms with E-state index < -0.39 is 11.9 Å². The van der Waals surface area contributed by atoms with Crippen LogP contribution in [0.4, 0.5) is 0 Å². The van der Waals surface area contributed by atoms with Gasteiger partial charge in [0.05, 0.1) is 11.4 Å². The van der Waals surface area contributed by atoms with E-state index in [0.29, 0.717) is 12.8 Å². The lowest BCUT2D eigenvalue weighted by molar-refractivity contribution is -0.127. The molecule has 44 heavy (non-hydrogen) atoms. The van der Waals surface area contributed by atoms with Crippen molar-refractivity contribution < 1.29 is 14.7 Å². The third kappa shape index (κ3) is 7.50. The van der Waals surface area contributed by atoms with Gasteiger partial charge in [-0.25, -0.2) is 4.68 Å². The van der Waals surface area contributed by atoms with E-state index >= 15 is 0 Å². The van der Waals surface area contributed by atoms with Gasteiger partial charge in [-0.05, 0) is 77.6 Å². The maximum atomic E-state index is 12.7. The summed E-state index contributed by atoms with van der Waals surface area (Å²) in [6, 6.07) is 26.4. The number of rotatable bonds is 11. The number of primary amides is 1. The molecule has 0 unspecified atom stereocenters. The van der Waals surface area contributed by atoms with Crippen molar-refractivity contribution in [2.75, 3.05) is 0 Å². The Morgan fingerprint density at radius 2 is 1.61 bits per heavy atom. The van der Waals surface area contributed by atoms with Crippen LogP contribution in [0, 0.1) is 0 Å². The van der Waals surface area contributed by atoms with Crippen LogP contribution in [-0.4, -0.2) is 37.7 Å². The van der Waals surface area contributed by atoms with E-state index in [1.807, 2.05) is 29.1 Å². The van der Waals surface area contributed by atoms with E-state index in [2.05, 4.69) is 73.5 Å². The van der Waals surface area contributed by atoms with Gasteiger partial charge in [-0.3, -0.25) is 14.6 Å². The third-order valence-corrected chi connectivity index (χ3v) is 7.80. The number of phenolic OH excluding ortho intramolecular Hbond substituents is 1. The van der Waals surface area contributed by atoms with Crippen LogP contribution in [0.25, 0.3) is 27.8 Å². The molecule has 0 aliphatic carbocycles. The van der Waals surface area contributed by atoms with Crippen molar-refractivity contribution >= 4 is 22.6 Å². The molecule has 0 fully saturated rings. The molecule has 8 heteroatoms. The molecule has 3 aromatic carbocycles. The van der Waals surface area contributed by atoms with Crippen molar-refractivity contribution in [2.24, 2.45) is 5.73 Å². The highest BCUT2D eigenvalue weighted by molar-refractivity contribution is 5.87. The maximum absolute atomic E-state index is 12.7. The molecule has 5 rings (SSSR count). The number of hydrogen-bond acceptors (Lipinski definition) is 5. The molecular weight excluding hydrogens is 550 g/mol. The van der Waals surface area contributed by atoms with Gasteiger partial charge in [0.25, 0.3) is 0 Å². The fraction of sp³-hybridized carbons (Fsp3) is 0.278. The summed E-state index contributed by atoms with van der Waals surface area (Å²) in [4.78, 5) is 29.4. The summed E-state index contributed by atoms with van der Waals surface area (Å²) in [6.45, 7) is 6.58. The van der Waals surface area contributed by atoms with Gasteiger partial charge < -0.3 is 16.2 Å². The Morgan fingerprint density at radius 1 is 0.909 bits per heavy atom. The Kier molecular flexibility index (Phi) is 9.09.